The van der Waals surface area contributed by atoms with Crippen molar-refractivity contribution in [2.24, 2.45) is 21.8 Å². The van der Waals surface area contributed by atoms with Gasteiger partial charge in [0.15, 0.2) is 0 Å². The van der Waals surface area contributed by atoms with Crippen LogP contribution in [0.4, 0.5) is 11.4 Å². The Hall–Kier alpha value is -2.02. The van der Waals surface area contributed by atoms with Gasteiger partial charge in [-0.1, -0.05) is 6.58 Å². The number of amidine groups is 1. The van der Waals surface area contributed by atoms with Crippen LogP contribution in [-0.4, -0.2) is 31.0 Å². The molecule has 1 aromatic rings. The third-order valence-electron chi connectivity index (χ3n) is 2.14. The highest BCUT2D eigenvalue weighted by Crippen LogP contribution is 2.19. The van der Waals surface area contributed by atoms with E-state index < -0.39 is 0 Å². The molecule has 7 heteroatoms. The number of rotatable bonds is 3. The van der Waals surface area contributed by atoms with Crippen LogP contribution in [-0.2, 0) is 0 Å². The molecular weight excluding hydrogens is 260 g/mol. The first-order chi connectivity index (χ1) is 8.90. The highest BCUT2D eigenvalue weighted by Gasteiger charge is 2.12. The van der Waals surface area contributed by atoms with Crippen molar-refractivity contribution in [1.82, 2.24) is 0 Å². The van der Waals surface area contributed by atoms with Gasteiger partial charge in [0.05, 0.1) is 10.1 Å². The molecule has 0 aromatic heterocycles. The van der Waals surface area contributed by atoms with Gasteiger partial charge in [0.2, 0.25) is 0 Å². The molecule has 0 bridgehead atoms. The quantitative estimate of drug-likeness (QED) is 0.221. The van der Waals surface area contributed by atoms with Gasteiger partial charge < -0.3 is 10.6 Å². The lowest BCUT2D eigenvalue weighted by molar-refractivity contribution is -0.507. The monoisotopic (exact) mass is 279 g/mol. The van der Waals surface area contributed by atoms with Gasteiger partial charge in [0.25, 0.3) is 0 Å². The van der Waals surface area contributed by atoms with Crippen LogP contribution in [0, 0.1) is 0 Å². The predicted molar refractivity (Wildman–Crippen MR) is 81.6 cm³/mol. The fourth-order valence-corrected chi connectivity index (χ4v) is 1.66. The maximum Gasteiger partial charge on any atom is 0.409 e. The lowest BCUT2D eigenvalue weighted by Gasteiger charge is -2.11. The van der Waals surface area contributed by atoms with Crippen molar-refractivity contribution < 1.29 is 4.68 Å². The van der Waals surface area contributed by atoms with Gasteiger partial charge >= 0.3 is 5.17 Å². The molecule has 0 aliphatic rings. The molecule has 0 radical (unpaired) electrons. The summed E-state index contributed by atoms with van der Waals surface area (Å²) in [6.45, 7) is 3.59. The molecule has 19 heavy (non-hydrogen) atoms. The normalized spacial score (nSPS) is 12.4. The first-order valence-electron chi connectivity index (χ1n) is 5.57. The summed E-state index contributed by atoms with van der Waals surface area (Å²) in [5.74, 6) is 5.63. The Morgan fingerprint density at radius 1 is 1.32 bits per heavy atom. The largest absolute Gasteiger partial charge is 0.409 e. The Bertz CT molecular complexity index is 499. The van der Waals surface area contributed by atoms with Crippen molar-refractivity contribution in [2.45, 2.75) is 0 Å². The van der Waals surface area contributed by atoms with Crippen molar-refractivity contribution in [1.29, 1.82) is 0 Å². The molecule has 0 saturated carbocycles. The van der Waals surface area contributed by atoms with Crippen molar-refractivity contribution in [3.05, 3.63) is 35.9 Å². The van der Waals surface area contributed by atoms with E-state index in [2.05, 4.69) is 16.8 Å². The summed E-state index contributed by atoms with van der Waals surface area (Å²) >= 11 is 1.17. The van der Waals surface area contributed by atoms with E-state index in [1.807, 2.05) is 43.3 Å². The van der Waals surface area contributed by atoms with Crippen LogP contribution in [0.2, 0.25) is 0 Å². The molecule has 0 spiro atoms. The highest BCUT2D eigenvalue weighted by molar-refractivity contribution is 8.16. The van der Waals surface area contributed by atoms with Gasteiger partial charge in [-0.15, -0.1) is 0 Å². The van der Waals surface area contributed by atoms with Crippen molar-refractivity contribution in [2.75, 3.05) is 26.0 Å². The van der Waals surface area contributed by atoms with Crippen LogP contribution >= 0.6 is 11.8 Å². The summed E-state index contributed by atoms with van der Waals surface area (Å²) < 4.78 is 1.35. The van der Waals surface area contributed by atoms with Crippen LogP contribution in [0.5, 0.6) is 0 Å². The number of hydrogen-bond acceptors (Lipinski definition) is 5. The minimum absolute atomic E-state index is 0.411. The van der Waals surface area contributed by atoms with E-state index in [1.165, 1.54) is 16.4 Å². The molecule has 0 saturated heterocycles. The van der Waals surface area contributed by atoms with Crippen molar-refractivity contribution >= 4 is 28.3 Å². The summed E-state index contributed by atoms with van der Waals surface area (Å²) in [4.78, 5) is 2.01. The fourth-order valence-electron chi connectivity index (χ4n) is 1.20. The molecule has 6 nitrogen and oxygen atoms in total. The molecule has 1 aromatic carbocycles. The molecule has 0 unspecified atom stereocenters. The van der Waals surface area contributed by atoms with Crippen molar-refractivity contribution in [3.8, 4) is 0 Å². The maximum atomic E-state index is 5.63. The minimum Gasteiger partial charge on any atom is -0.394 e. The molecule has 0 fully saturated rings. The van der Waals surface area contributed by atoms with E-state index in [1.54, 1.807) is 7.05 Å². The number of azo groups is 1. The number of hydrazine groups is 1. The van der Waals surface area contributed by atoms with Gasteiger partial charge in [-0.05, 0) is 29.4 Å². The van der Waals surface area contributed by atoms with E-state index in [0.717, 1.165) is 11.4 Å². The second kappa shape index (κ2) is 6.79. The number of anilines is 1. The van der Waals surface area contributed by atoms with Crippen molar-refractivity contribution in [3.63, 3.8) is 0 Å². The third kappa shape index (κ3) is 5.01. The summed E-state index contributed by atoms with van der Waals surface area (Å²) in [5, 5.41) is 9.06. The predicted octanol–water partition coefficient (Wildman–Crippen LogP) is 1.87. The molecular formula is C12H19N6S+. The molecule has 0 aliphatic heterocycles. The standard InChI is InChI=1S/C12H19N6S/c1-9(13)19-12(18(4)14)16-15-10-5-7-11(8-6-10)17(2)3/h5-8H,1,13-14H2,2-4H3/q+1. The SMILES string of the molecule is C=C(N)S/C(N=Nc1ccc(N(C)C)cc1)=[N+](/C)N. The summed E-state index contributed by atoms with van der Waals surface area (Å²) in [6.07, 6.45) is 0. The molecule has 4 N–H and O–H groups in total. The minimum atomic E-state index is 0.411. The van der Waals surface area contributed by atoms with E-state index >= 15 is 0 Å². The van der Waals surface area contributed by atoms with Crippen LogP contribution in [0.1, 0.15) is 0 Å². The molecule has 0 heterocycles. The second-order valence-electron chi connectivity index (χ2n) is 4.07. The lowest BCUT2D eigenvalue weighted by Crippen LogP contribution is -2.20. The summed E-state index contributed by atoms with van der Waals surface area (Å²) in [5.41, 5.74) is 7.36. The van der Waals surface area contributed by atoms with Gasteiger partial charge in [-0.3, -0.25) is 5.84 Å². The first kappa shape index (κ1) is 15.0. The van der Waals surface area contributed by atoms with Crippen LogP contribution in [0.3, 0.4) is 0 Å². The number of thioether (sulfide) groups is 1. The van der Waals surface area contributed by atoms with Gasteiger partial charge in [0.1, 0.15) is 12.7 Å². The Kier molecular flexibility index (Phi) is 5.37. The zero-order chi connectivity index (χ0) is 14.4. The summed E-state index contributed by atoms with van der Waals surface area (Å²) in [7, 11) is 5.63. The number of nitrogens with two attached hydrogens (primary N) is 2. The Morgan fingerprint density at radius 3 is 2.32 bits per heavy atom. The maximum absolute atomic E-state index is 5.63. The van der Waals surface area contributed by atoms with Crippen LogP contribution < -0.4 is 16.5 Å². The average molecular weight is 279 g/mol. The molecule has 0 atom stereocenters. The zero-order valence-electron chi connectivity index (χ0n) is 11.4. The smallest absolute Gasteiger partial charge is 0.394 e. The number of hydrogen-bond donors (Lipinski definition) is 2. The second-order valence-corrected chi connectivity index (χ2v) is 5.17. The number of nitrogens with zero attached hydrogens (tertiary/aromatic N) is 4. The first-order valence-corrected chi connectivity index (χ1v) is 6.38. The number of hydrazone groups is 1. The molecule has 0 amide bonds. The average Bonchev–Trinajstić information content (AvgIpc) is 2.34. The van der Waals surface area contributed by atoms with E-state index in [-0.39, 0.29) is 0 Å². The lowest BCUT2D eigenvalue weighted by atomic mass is 10.3. The highest BCUT2D eigenvalue weighted by atomic mass is 32.2. The number of benzene rings is 1. The third-order valence-corrected chi connectivity index (χ3v) is 2.96. The van der Waals surface area contributed by atoms with Gasteiger partial charge in [0, 0.05) is 31.5 Å². The molecule has 1 rings (SSSR count). The van der Waals surface area contributed by atoms with Gasteiger partial charge in [-0.25, -0.2) is 0 Å². The fraction of sp³-hybridized carbons (Fsp3) is 0.250. The van der Waals surface area contributed by atoms with Gasteiger partial charge in [-0.2, -0.15) is 4.68 Å². The topological polar surface area (TPSA) is 83.0 Å². The Morgan fingerprint density at radius 2 is 1.89 bits per heavy atom. The molecule has 102 valence electrons. The van der Waals surface area contributed by atoms with E-state index in [4.69, 9.17) is 11.6 Å². The zero-order valence-corrected chi connectivity index (χ0v) is 12.2. The Labute approximate surface area is 117 Å². The molecule has 0 aliphatic carbocycles. The Balaban J connectivity index is 2.85. The van der Waals surface area contributed by atoms with Crippen LogP contribution in [0.15, 0.2) is 46.1 Å². The van der Waals surface area contributed by atoms with E-state index in [0.29, 0.717) is 10.2 Å². The van der Waals surface area contributed by atoms with E-state index in [9.17, 15) is 0 Å². The summed E-state index contributed by atoms with van der Waals surface area (Å²) in [6, 6.07) is 7.70. The van der Waals surface area contributed by atoms with Crippen LogP contribution in [0.25, 0.3) is 0 Å².